The van der Waals surface area contributed by atoms with E-state index in [4.69, 9.17) is 5.73 Å². The van der Waals surface area contributed by atoms with E-state index in [2.05, 4.69) is 18.8 Å². The molecule has 2 N–H and O–H groups in total. The molecular formula is C15H22N4O. The van der Waals surface area contributed by atoms with Crippen LogP contribution in [0.3, 0.4) is 0 Å². The Morgan fingerprint density at radius 1 is 1.45 bits per heavy atom. The van der Waals surface area contributed by atoms with Crippen LogP contribution in [-0.2, 0) is 11.2 Å². The van der Waals surface area contributed by atoms with E-state index in [9.17, 15) is 4.79 Å². The van der Waals surface area contributed by atoms with Gasteiger partial charge in [-0.25, -0.2) is 4.98 Å². The third-order valence-electron chi connectivity index (χ3n) is 3.39. The van der Waals surface area contributed by atoms with E-state index < -0.39 is 0 Å². The van der Waals surface area contributed by atoms with E-state index in [0.717, 1.165) is 11.3 Å². The van der Waals surface area contributed by atoms with Gasteiger partial charge in [0.15, 0.2) is 0 Å². The standard InChI is InChI=1S/C15H22N4O/c1-15(2,10-16)11-18(3)14(20)8-12-9-19-7-5-4-6-13(19)17-12/h4-7,9H,8,10-11,16H2,1-3H3. The summed E-state index contributed by atoms with van der Waals surface area (Å²) in [7, 11) is 1.82. The fourth-order valence-corrected chi connectivity index (χ4v) is 2.16. The molecule has 2 aromatic rings. The van der Waals surface area contributed by atoms with Crippen LogP contribution in [0.5, 0.6) is 0 Å². The maximum absolute atomic E-state index is 12.2. The molecule has 0 aliphatic heterocycles. The van der Waals surface area contributed by atoms with Crippen molar-refractivity contribution in [2.75, 3.05) is 20.1 Å². The number of imidazole rings is 1. The number of likely N-dealkylation sites (N-methyl/N-ethyl adjacent to an activating group) is 1. The quantitative estimate of drug-likeness (QED) is 0.894. The Hall–Kier alpha value is -1.88. The Morgan fingerprint density at radius 3 is 2.85 bits per heavy atom. The second-order valence-corrected chi connectivity index (χ2v) is 5.99. The molecule has 0 aromatic carbocycles. The molecule has 5 nitrogen and oxygen atoms in total. The third kappa shape index (κ3) is 3.36. The summed E-state index contributed by atoms with van der Waals surface area (Å²) in [4.78, 5) is 18.4. The van der Waals surface area contributed by atoms with Gasteiger partial charge in [-0.3, -0.25) is 4.79 Å². The number of rotatable bonds is 5. The highest BCUT2D eigenvalue weighted by Gasteiger charge is 2.21. The summed E-state index contributed by atoms with van der Waals surface area (Å²) in [5.41, 5.74) is 7.29. The van der Waals surface area contributed by atoms with E-state index in [1.807, 2.05) is 42.0 Å². The van der Waals surface area contributed by atoms with Crippen molar-refractivity contribution in [2.24, 2.45) is 11.1 Å². The number of hydrogen-bond donors (Lipinski definition) is 1. The molecule has 0 atom stereocenters. The summed E-state index contributed by atoms with van der Waals surface area (Å²) in [5, 5.41) is 0. The van der Waals surface area contributed by atoms with Crippen molar-refractivity contribution < 1.29 is 4.79 Å². The van der Waals surface area contributed by atoms with Crippen molar-refractivity contribution in [3.05, 3.63) is 36.3 Å². The summed E-state index contributed by atoms with van der Waals surface area (Å²) >= 11 is 0. The minimum absolute atomic E-state index is 0.0648. The summed E-state index contributed by atoms with van der Waals surface area (Å²) in [6, 6.07) is 5.80. The van der Waals surface area contributed by atoms with Gasteiger partial charge >= 0.3 is 0 Å². The number of pyridine rings is 1. The fourth-order valence-electron chi connectivity index (χ4n) is 2.16. The van der Waals surface area contributed by atoms with Gasteiger partial charge in [0.05, 0.1) is 12.1 Å². The molecule has 2 rings (SSSR count). The first-order valence-corrected chi connectivity index (χ1v) is 6.78. The predicted molar refractivity (Wildman–Crippen MR) is 79.4 cm³/mol. The first kappa shape index (κ1) is 14.5. The van der Waals surface area contributed by atoms with E-state index >= 15 is 0 Å². The maximum Gasteiger partial charge on any atom is 0.228 e. The summed E-state index contributed by atoms with van der Waals surface area (Å²) in [6.45, 7) is 5.32. The number of nitrogens with zero attached hydrogens (tertiary/aromatic N) is 3. The van der Waals surface area contributed by atoms with Crippen molar-refractivity contribution in [1.29, 1.82) is 0 Å². The molecule has 0 unspecified atom stereocenters. The van der Waals surface area contributed by atoms with Crippen LogP contribution in [0, 0.1) is 5.41 Å². The van der Waals surface area contributed by atoms with Crippen LogP contribution in [0.25, 0.3) is 5.65 Å². The highest BCUT2D eigenvalue weighted by molar-refractivity contribution is 5.78. The van der Waals surface area contributed by atoms with Gasteiger partial charge in [0.1, 0.15) is 5.65 Å². The Bertz CT molecular complexity index is 570. The number of hydrogen-bond acceptors (Lipinski definition) is 3. The van der Waals surface area contributed by atoms with Crippen LogP contribution >= 0.6 is 0 Å². The molecule has 108 valence electrons. The normalized spacial score (nSPS) is 11.8. The average Bonchev–Trinajstić information content (AvgIpc) is 2.80. The van der Waals surface area contributed by atoms with Crippen LogP contribution < -0.4 is 5.73 Å². The fraction of sp³-hybridized carbons (Fsp3) is 0.467. The van der Waals surface area contributed by atoms with Gasteiger partial charge in [-0.05, 0) is 24.1 Å². The molecule has 20 heavy (non-hydrogen) atoms. The summed E-state index contributed by atoms with van der Waals surface area (Å²) in [6.07, 6.45) is 4.14. The zero-order valence-electron chi connectivity index (χ0n) is 12.3. The van der Waals surface area contributed by atoms with Crippen molar-refractivity contribution in [3.63, 3.8) is 0 Å². The highest BCUT2D eigenvalue weighted by Crippen LogP contribution is 2.15. The second-order valence-electron chi connectivity index (χ2n) is 5.99. The second kappa shape index (κ2) is 5.63. The molecule has 0 fully saturated rings. The lowest BCUT2D eigenvalue weighted by atomic mass is 9.93. The predicted octanol–water partition coefficient (Wildman–Crippen LogP) is 1.32. The third-order valence-corrected chi connectivity index (χ3v) is 3.39. The van der Waals surface area contributed by atoms with Gasteiger partial charge in [-0.2, -0.15) is 0 Å². The number of fused-ring (bicyclic) bond motifs is 1. The molecule has 0 saturated heterocycles. The van der Waals surface area contributed by atoms with E-state index in [-0.39, 0.29) is 11.3 Å². The van der Waals surface area contributed by atoms with Gasteiger partial charge < -0.3 is 15.0 Å². The lowest BCUT2D eigenvalue weighted by Gasteiger charge is -2.28. The average molecular weight is 274 g/mol. The molecule has 0 radical (unpaired) electrons. The van der Waals surface area contributed by atoms with Crippen LogP contribution in [0.2, 0.25) is 0 Å². The Morgan fingerprint density at radius 2 is 2.20 bits per heavy atom. The highest BCUT2D eigenvalue weighted by atomic mass is 16.2. The van der Waals surface area contributed by atoms with E-state index in [1.54, 1.807) is 4.90 Å². The first-order chi connectivity index (χ1) is 9.41. The summed E-state index contributed by atoms with van der Waals surface area (Å²) in [5.74, 6) is 0.0648. The molecule has 0 bridgehead atoms. The summed E-state index contributed by atoms with van der Waals surface area (Å²) < 4.78 is 1.92. The maximum atomic E-state index is 12.2. The topological polar surface area (TPSA) is 63.6 Å². The molecule has 2 aromatic heterocycles. The number of aromatic nitrogens is 2. The van der Waals surface area contributed by atoms with Gasteiger partial charge in [0.2, 0.25) is 5.91 Å². The van der Waals surface area contributed by atoms with Gasteiger partial charge in [-0.15, -0.1) is 0 Å². The van der Waals surface area contributed by atoms with Crippen molar-refractivity contribution in [1.82, 2.24) is 14.3 Å². The molecule has 0 saturated carbocycles. The number of carbonyl (C=O) groups is 1. The van der Waals surface area contributed by atoms with Crippen LogP contribution in [-0.4, -0.2) is 40.3 Å². The van der Waals surface area contributed by atoms with E-state index in [1.165, 1.54) is 0 Å². The van der Waals surface area contributed by atoms with Gasteiger partial charge in [-0.1, -0.05) is 19.9 Å². The zero-order valence-corrected chi connectivity index (χ0v) is 12.3. The van der Waals surface area contributed by atoms with Crippen molar-refractivity contribution >= 4 is 11.6 Å². The lowest BCUT2D eigenvalue weighted by molar-refractivity contribution is -0.130. The number of amides is 1. The number of carbonyl (C=O) groups excluding carboxylic acids is 1. The molecule has 5 heteroatoms. The number of nitrogens with two attached hydrogens (primary N) is 1. The molecule has 2 heterocycles. The SMILES string of the molecule is CN(CC(C)(C)CN)C(=O)Cc1cn2ccccc2n1. The Balaban J connectivity index is 2.03. The van der Waals surface area contributed by atoms with Gasteiger partial charge in [0, 0.05) is 26.0 Å². The minimum atomic E-state index is -0.0661. The van der Waals surface area contributed by atoms with Crippen LogP contribution in [0.1, 0.15) is 19.5 Å². The van der Waals surface area contributed by atoms with E-state index in [0.29, 0.717) is 19.5 Å². The molecule has 0 aliphatic rings. The molecule has 0 aliphatic carbocycles. The Kier molecular flexibility index (Phi) is 4.09. The van der Waals surface area contributed by atoms with Gasteiger partial charge in [0.25, 0.3) is 0 Å². The zero-order chi connectivity index (χ0) is 14.8. The smallest absolute Gasteiger partial charge is 0.228 e. The van der Waals surface area contributed by atoms with Crippen LogP contribution in [0.15, 0.2) is 30.6 Å². The largest absolute Gasteiger partial charge is 0.345 e. The monoisotopic (exact) mass is 274 g/mol. The minimum Gasteiger partial charge on any atom is -0.345 e. The first-order valence-electron chi connectivity index (χ1n) is 6.78. The van der Waals surface area contributed by atoms with Crippen molar-refractivity contribution in [2.45, 2.75) is 20.3 Å². The molecule has 1 amide bonds. The lowest BCUT2D eigenvalue weighted by Crippen LogP contribution is -2.40. The van der Waals surface area contributed by atoms with Crippen molar-refractivity contribution in [3.8, 4) is 0 Å². The molecule has 0 spiro atoms. The molecular weight excluding hydrogens is 252 g/mol. The Labute approximate surface area is 119 Å². The van der Waals surface area contributed by atoms with Crippen LogP contribution in [0.4, 0.5) is 0 Å².